The second-order valence-electron chi connectivity index (χ2n) is 13.3. The van der Waals surface area contributed by atoms with E-state index >= 15 is 0 Å². The Balaban J connectivity index is 0.00000196. The minimum atomic E-state index is -0.692. The fraction of sp³-hybridized carbons (Fsp3) is 0.765. The molecule has 1 aliphatic carbocycles. The maximum absolute atomic E-state index is 11.7. The summed E-state index contributed by atoms with van der Waals surface area (Å²) >= 11 is 1.72. The number of thiazole rings is 1. The van der Waals surface area contributed by atoms with Gasteiger partial charge in [0.2, 0.25) is 0 Å². The Kier molecular flexibility index (Phi) is 11.4. The summed E-state index contributed by atoms with van der Waals surface area (Å²) in [5, 5.41) is 28.1. The second kappa shape index (κ2) is 15.0. The molecule has 0 radical (unpaired) electrons. The number of nitrogens with one attached hydrogen (secondary N) is 2. The molecule has 1 aromatic rings. The van der Waals surface area contributed by atoms with Crippen molar-refractivity contribution >= 4 is 29.0 Å². The Hall–Kier alpha value is -2.36. The van der Waals surface area contributed by atoms with E-state index in [1.807, 2.05) is 18.7 Å². The van der Waals surface area contributed by atoms with Gasteiger partial charge in [-0.1, -0.05) is 26.2 Å². The highest BCUT2D eigenvalue weighted by atomic mass is 32.1. The summed E-state index contributed by atoms with van der Waals surface area (Å²) in [5.74, 6) is 7.24. The number of rotatable bonds is 7. The first-order valence-electron chi connectivity index (χ1n) is 17.2. The molecule has 45 heavy (non-hydrogen) atoms. The van der Waals surface area contributed by atoms with Crippen LogP contribution in [0.25, 0.3) is 0 Å². The first-order chi connectivity index (χ1) is 21.8. The molecule has 10 nitrogen and oxygen atoms in total. The van der Waals surface area contributed by atoms with Crippen molar-refractivity contribution in [2.45, 2.75) is 103 Å². The van der Waals surface area contributed by atoms with Crippen LogP contribution in [-0.2, 0) is 16.1 Å². The van der Waals surface area contributed by atoms with Crippen LogP contribution < -0.4 is 0 Å². The maximum atomic E-state index is 11.7. The number of hydrogen-bond acceptors (Lipinski definition) is 9. The highest BCUT2D eigenvalue weighted by molar-refractivity contribution is 7.11. The van der Waals surface area contributed by atoms with E-state index in [1.165, 1.54) is 0 Å². The molecule has 248 valence electrons. The third kappa shape index (κ3) is 7.79. The van der Waals surface area contributed by atoms with Crippen LogP contribution >= 0.6 is 11.3 Å². The molecule has 7 rings (SSSR count). The van der Waals surface area contributed by atoms with Gasteiger partial charge in [-0.15, -0.1) is 11.3 Å². The normalized spacial score (nSPS) is 29.4. The molecule has 1 atom stereocenters. The SMILES string of the molecule is CC.Cc1sc(CN2CCCC2C(=N)N2CCCCCC2=N)nc1C#CCN1CCN(CC23CCC(C(=O)O)(CC2)CO3)CC1. The average Bonchev–Trinajstić information content (AvgIpc) is 3.59. The minimum absolute atomic E-state index is 0.0662. The Bertz CT molecular complexity index is 1250. The van der Waals surface area contributed by atoms with Gasteiger partial charge in [0.15, 0.2) is 0 Å². The number of aliphatic carboxylic acids is 1. The largest absolute Gasteiger partial charge is 0.481 e. The number of fused-ring (bicyclic) bond motifs is 3. The summed E-state index contributed by atoms with van der Waals surface area (Å²) in [4.78, 5) is 27.0. The van der Waals surface area contributed by atoms with Gasteiger partial charge >= 0.3 is 5.97 Å². The Morgan fingerprint density at radius 2 is 1.78 bits per heavy atom. The van der Waals surface area contributed by atoms with Crippen LogP contribution in [0.15, 0.2) is 0 Å². The van der Waals surface area contributed by atoms with Crippen molar-refractivity contribution in [2.24, 2.45) is 5.41 Å². The number of carbonyl (C=O) groups is 1. The van der Waals surface area contributed by atoms with Crippen molar-refractivity contribution in [1.29, 1.82) is 10.8 Å². The molecule has 0 spiro atoms. The van der Waals surface area contributed by atoms with Crippen molar-refractivity contribution in [3.05, 3.63) is 15.6 Å². The number of carboxylic acid groups (broad SMARTS) is 1. The number of aryl methyl sites for hydroxylation is 1. The fourth-order valence-electron chi connectivity index (χ4n) is 7.58. The number of hydrogen-bond donors (Lipinski definition) is 3. The molecule has 1 aromatic heterocycles. The highest BCUT2D eigenvalue weighted by Gasteiger charge is 2.54. The van der Waals surface area contributed by atoms with E-state index in [4.69, 9.17) is 20.5 Å². The van der Waals surface area contributed by atoms with Gasteiger partial charge in [-0.25, -0.2) is 4.98 Å². The van der Waals surface area contributed by atoms with Crippen LogP contribution in [0.3, 0.4) is 0 Å². The first kappa shape index (κ1) is 34.0. The Labute approximate surface area is 273 Å². The molecule has 6 aliphatic rings. The number of aromatic nitrogens is 1. The zero-order chi connectivity index (χ0) is 32.0. The maximum Gasteiger partial charge on any atom is 0.311 e. The number of amidine groups is 2. The molecule has 1 saturated carbocycles. The van der Waals surface area contributed by atoms with E-state index in [-0.39, 0.29) is 11.6 Å². The van der Waals surface area contributed by atoms with Gasteiger partial charge in [0.1, 0.15) is 22.4 Å². The predicted molar refractivity (Wildman–Crippen MR) is 179 cm³/mol. The van der Waals surface area contributed by atoms with Crippen molar-refractivity contribution < 1.29 is 14.6 Å². The molecule has 3 N–H and O–H groups in total. The van der Waals surface area contributed by atoms with Gasteiger partial charge < -0.3 is 14.7 Å². The number of piperazine rings is 1. The fourth-order valence-corrected chi connectivity index (χ4v) is 8.49. The third-order valence-electron chi connectivity index (χ3n) is 10.5. The lowest BCUT2D eigenvalue weighted by Gasteiger charge is -2.53. The van der Waals surface area contributed by atoms with Crippen molar-refractivity contribution in [3.8, 4) is 11.8 Å². The molecular formula is C34H53N7O3S. The number of nitrogens with zero attached hydrogens (tertiary/aromatic N) is 5. The zero-order valence-electron chi connectivity index (χ0n) is 27.6. The molecular weight excluding hydrogens is 586 g/mol. The van der Waals surface area contributed by atoms with E-state index < -0.39 is 11.4 Å². The van der Waals surface area contributed by atoms with Gasteiger partial charge in [0, 0.05) is 50.6 Å². The standard InChI is InChI=1S/C32H47N7O3S.C2H6/c1-24-25(35-28(43-24)21-38-15-6-8-26(38)29(34)39-16-4-2-3-9-27(39)33)7-5-14-36-17-19-37(20-18-36)22-32-12-10-31(11-13-32,23-42-32)30(40)41;1-2/h26,33-34H,2-4,6,8-23H2,1H3,(H,40,41);1-2H3. The van der Waals surface area contributed by atoms with Crippen molar-refractivity contribution in [3.63, 3.8) is 0 Å². The number of likely N-dealkylation sites (tertiary alicyclic amines) is 2. The van der Waals surface area contributed by atoms with E-state index in [1.54, 1.807) is 11.3 Å². The Morgan fingerprint density at radius 1 is 1.04 bits per heavy atom. The smallest absolute Gasteiger partial charge is 0.311 e. The summed E-state index contributed by atoms with van der Waals surface area (Å²) in [6.45, 7) is 14.5. The van der Waals surface area contributed by atoms with E-state index in [2.05, 4.69) is 33.5 Å². The van der Waals surface area contributed by atoms with Gasteiger partial charge in [-0.3, -0.25) is 30.3 Å². The summed E-state index contributed by atoms with van der Waals surface area (Å²) in [7, 11) is 0. The molecule has 6 fully saturated rings. The van der Waals surface area contributed by atoms with Crippen LogP contribution in [0, 0.1) is 35.0 Å². The highest BCUT2D eigenvalue weighted by Crippen LogP contribution is 2.49. The molecule has 1 unspecified atom stereocenters. The first-order valence-corrected chi connectivity index (χ1v) is 18.0. The lowest BCUT2D eigenvalue weighted by Crippen LogP contribution is -2.60. The monoisotopic (exact) mass is 639 g/mol. The lowest BCUT2D eigenvalue weighted by molar-refractivity contribution is -0.206. The molecule has 11 heteroatoms. The molecule has 0 aromatic carbocycles. The minimum Gasteiger partial charge on any atom is -0.481 e. The van der Waals surface area contributed by atoms with Crippen LogP contribution in [0.1, 0.15) is 93.6 Å². The second-order valence-corrected chi connectivity index (χ2v) is 14.6. The van der Waals surface area contributed by atoms with Crippen molar-refractivity contribution in [2.75, 3.05) is 59.0 Å². The van der Waals surface area contributed by atoms with Crippen LogP contribution in [0.2, 0.25) is 0 Å². The van der Waals surface area contributed by atoms with Gasteiger partial charge in [-0.2, -0.15) is 0 Å². The summed E-state index contributed by atoms with van der Waals surface area (Å²) in [5.41, 5.74) is 0.0701. The van der Waals surface area contributed by atoms with Crippen LogP contribution in [0.5, 0.6) is 0 Å². The molecule has 6 heterocycles. The Morgan fingerprint density at radius 3 is 2.47 bits per heavy atom. The number of ether oxygens (including phenoxy) is 1. The molecule has 5 saturated heterocycles. The van der Waals surface area contributed by atoms with Crippen LogP contribution in [0.4, 0.5) is 0 Å². The topological polar surface area (TPSA) is 120 Å². The van der Waals surface area contributed by atoms with Gasteiger partial charge in [-0.05, 0) is 70.8 Å². The third-order valence-corrected chi connectivity index (χ3v) is 11.4. The van der Waals surface area contributed by atoms with Crippen LogP contribution in [-0.4, -0.2) is 118 Å². The van der Waals surface area contributed by atoms with Gasteiger partial charge in [0.05, 0.1) is 36.8 Å². The summed E-state index contributed by atoms with van der Waals surface area (Å²) in [6.07, 6.45) is 9.29. The number of carboxylic acids is 1. The van der Waals surface area contributed by atoms with Gasteiger partial charge in [0.25, 0.3) is 0 Å². The lowest BCUT2D eigenvalue weighted by atomic mass is 9.66. The average molecular weight is 640 g/mol. The molecule has 0 amide bonds. The van der Waals surface area contributed by atoms with E-state index in [0.29, 0.717) is 18.3 Å². The molecule has 2 bridgehead atoms. The predicted octanol–water partition coefficient (Wildman–Crippen LogP) is 4.66. The quantitative estimate of drug-likeness (QED) is 0.224. The van der Waals surface area contributed by atoms with E-state index in [0.717, 1.165) is 139 Å². The van der Waals surface area contributed by atoms with Crippen molar-refractivity contribution in [1.82, 2.24) is 24.6 Å². The summed E-state index contributed by atoms with van der Waals surface area (Å²) in [6, 6.07) is 0.0662. The van der Waals surface area contributed by atoms with E-state index in [9.17, 15) is 9.90 Å². The zero-order valence-corrected chi connectivity index (χ0v) is 28.4. The molecule has 5 aliphatic heterocycles. The summed E-state index contributed by atoms with van der Waals surface area (Å²) < 4.78 is 6.19.